The van der Waals surface area contributed by atoms with Gasteiger partial charge in [-0.3, -0.25) is 9.59 Å². The molecule has 1 fully saturated rings. The SMILES string of the molecule is N#Cc1nccnc1NC1CCC(C(=O)NCc2ccc3nc[nH]c3c2)CC1.O=CO. The minimum absolute atomic E-state index is 0.0197. The Balaban J connectivity index is 0.000000858. The first-order valence-corrected chi connectivity index (χ1v) is 9.89. The summed E-state index contributed by atoms with van der Waals surface area (Å²) in [5.41, 5.74) is 3.24. The second kappa shape index (κ2) is 10.7. The molecule has 31 heavy (non-hydrogen) atoms. The number of benzene rings is 1. The van der Waals surface area contributed by atoms with Crippen molar-refractivity contribution >= 4 is 29.2 Å². The molecule has 1 aliphatic rings. The maximum atomic E-state index is 12.5. The highest BCUT2D eigenvalue weighted by molar-refractivity contribution is 5.79. The van der Waals surface area contributed by atoms with Gasteiger partial charge in [-0.2, -0.15) is 5.26 Å². The van der Waals surface area contributed by atoms with E-state index in [1.165, 1.54) is 6.20 Å². The number of nitriles is 1. The van der Waals surface area contributed by atoms with E-state index in [4.69, 9.17) is 15.2 Å². The van der Waals surface area contributed by atoms with Gasteiger partial charge in [0.05, 0.1) is 17.4 Å². The molecule has 1 saturated carbocycles. The zero-order valence-corrected chi connectivity index (χ0v) is 16.8. The van der Waals surface area contributed by atoms with Crippen molar-refractivity contribution in [3.63, 3.8) is 0 Å². The average molecular weight is 421 g/mol. The Morgan fingerprint density at radius 1 is 1.23 bits per heavy atom. The topological polar surface area (TPSA) is 157 Å². The van der Waals surface area contributed by atoms with Crippen LogP contribution in [-0.2, 0) is 16.1 Å². The van der Waals surface area contributed by atoms with Crippen LogP contribution in [0, 0.1) is 17.2 Å². The largest absolute Gasteiger partial charge is 0.483 e. The summed E-state index contributed by atoms with van der Waals surface area (Å²) < 4.78 is 0. The summed E-state index contributed by atoms with van der Waals surface area (Å²) in [5, 5.41) is 22.3. The molecule has 1 amide bonds. The lowest BCUT2D eigenvalue weighted by atomic mass is 9.85. The number of hydrogen-bond acceptors (Lipinski definition) is 7. The lowest BCUT2D eigenvalue weighted by molar-refractivity contribution is -0.126. The predicted molar refractivity (Wildman–Crippen MR) is 113 cm³/mol. The molecule has 0 bridgehead atoms. The van der Waals surface area contributed by atoms with E-state index in [0.29, 0.717) is 18.1 Å². The van der Waals surface area contributed by atoms with E-state index >= 15 is 0 Å². The van der Waals surface area contributed by atoms with Crippen LogP contribution in [0.3, 0.4) is 0 Å². The van der Waals surface area contributed by atoms with E-state index in [1.54, 1.807) is 12.5 Å². The minimum atomic E-state index is -0.250. The molecule has 10 heteroatoms. The van der Waals surface area contributed by atoms with Crippen molar-refractivity contribution in [3.8, 4) is 6.07 Å². The highest BCUT2D eigenvalue weighted by atomic mass is 16.3. The lowest BCUT2D eigenvalue weighted by Gasteiger charge is -2.28. The van der Waals surface area contributed by atoms with Crippen molar-refractivity contribution in [2.24, 2.45) is 5.92 Å². The third kappa shape index (κ3) is 5.76. The Kier molecular flexibility index (Phi) is 7.48. The van der Waals surface area contributed by atoms with Crippen molar-refractivity contribution in [3.05, 3.63) is 48.2 Å². The third-order valence-corrected chi connectivity index (χ3v) is 5.19. The maximum absolute atomic E-state index is 12.5. The Morgan fingerprint density at radius 3 is 2.71 bits per heavy atom. The second-order valence-electron chi connectivity index (χ2n) is 7.14. The fraction of sp³-hybridized carbons (Fsp3) is 0.333. The second-order valence-corrected chi connectivity index (χ2v) is 7.14. The molecule has 4 rings (SSSR count). The van der Waals surface area contributed by atoms with Gasteiger partial charge < -0.3 is 20.7 Å². The normalized spacial score (nSPS) is 17.6. The zero-order chi connectivity index (χ0) is 22.1. The van der Waals surface area contributed by atoms with Gasteiger partial charge in [-0.15, -0.1) is 0 Å². The molecule has 0 spiro atoms. The van der Waals surface area contributed by atoms with E-state index in [2.05, 4.69) is 30.6 Å². The van der Waals surface area contributed by atoms with Crippen LogP contribution < -0.4 is 10.6 Å². The smallest absolute Gasteiger partial charge is 0.290 e. The summed E-state index contributed by atoms with van der Waals surface area (Å²) in [4.78, 5) is 36.4. The van der Waals surface area contributed by atoms with Crippen molar-refractivity contribution in [1.82, 2.24) is 25.3 Å². The first-order chi connectivity index (χ1) is 15.1. The minimum Gasteiger partial charge on any atom is -0.483 e. The molecular weight excluding hydrogens is 398 g/mol. The number of hydrogen-bond donors (Lipinski definition) is 4. The molecule has 2 heterocycles. The fourth-order valence-corrected chi connectivity index (χ4v) is 3.64. The van der Waals surface area contributed by atoms with Gasteiger partial charge in [0.1, 0.15) is 6.07 Å². The van der Waals surface area contributed by atoms with Crippen molar-refractivity contribution < 1.29 is 14.7 Å². The summed E-state index contributed by atoms with van der Waals surface area (Å²) in [6, 6.07) is 8.20. The van der Waals surface area contributed by atoms with Crippen LogP contribution >= 0.6 is 0 Å². The average Bonchev–Trinajstić information content (AvgIpc) is 3.27. The van der Waals surface area contributed by atoms with Crippen molar-refractivity contribution in [2.75, 3.05) is 5.32 Å². The first kappa shape index (κ1) is 21.7. The number of carbonyl (C=O) groups excluding carboxylic acids is 1. The van der Waals surface area contributed by atoms with E-state index in [0.717, 1.165) is 42.3 Å². The zero-order valence-electron chi connectivity index (χ0n) is 16.8. The number of anilines is 1. The van der Waals surface area contributed by atoms with Crippen LogP contribution in [-0.4, -0.2) is 43.5 Å². The van der Waals surface area contributed by atoms with Crippen LogP contribution in [0.1, 0.15) is 36.9 Å². The Morgan fingerprint density at radius 2 is 1.97 bits per heavy atom. The molecule has 0 unspecified atom stereocenters. The van der Waals surface area contributed by atoms with Gasteiger partial charge in [0.25, 0.3) is 6.47 Å². The number of imidazole rings is 1. The molecule has 0 radical (unpaired) electrons. The van der Waals surface area contributed by atoms with Gasteiger partial charge >= 0.3 is 0 Å². The van der Waals surface area contributed by atoms with E-state index in [1.807, 2.05) is 24.3 Å². The standard InChI is InChI=1S/C20H21N7O.CH2O2/c21-10-18-19(23-8-7-22-18)27-15-4-2-14(3-5-15)20(28)24-11-13-1-6-16-17(9-13)26-12-25-16;2-1-3/h1,6-9,12,14-15H,2-5,11H2,(H,23,27)(H,24,28)(H,25,26);1H,(H,2,3). The molecule has 160 valence electrons. The summed E-state index contributed by atoms with van der Waals surface area (Å²) in [7, 11) is 0. The Labute approximate surface area is 178 Å². The van der Waals surface area contributed by atoms with Crippen LogP contribution in [0.25, 0.3) is 11.0 Å². The van der Waals surface area contributed by atoms with Gasteiger partial charge in [-0.25, -0.2) is 15.0 Å². The number of fused-ring (bicyclic) bond motifs is 1. The van der Waals surface area contributed by atoms with Gasteiger partial charge in [-0.1, -0.05) is 6.07 Å². The lowest BCUT2D eigenvalue weighted by Crippen LogP contribution is -2.35. The van der Waals surface area contributed by atoms with Crippen LogP contribution in [0.2, 0.25) is 0 Å². The van der Waals surface area contributed by atoms with Crippen molar-refractivity contribution in [1.29, 1.82) is 5.26 Å². The quantitative estimate of drug-likeness (QED) is 0.457. The molecule has 1 aromatic carbocycles. The number of nitrogens with zero attached hydrogens (tertiary/aromatic N) is 4. The maximum Gasteiger partial charge on any atom is 0.290 e. The molecule has 0 atom stereocenters. The molecule has 0 aliphatic heterocycles. The number of amides is 1. The number of H-pyrrole nitrogens is 1. The molecule has 3 aromatic rings. The number of aromatic amines is 1. The van der Waals surface area contributed by atoms with Gasteiger partial charge in [0.2, 0.25) is 5.91 Å². The highest BCUT2D eigenvalue weighted by Gasteiger charge is 2.26. The fourth-order valence-electron chi connectivity index (χ4n) is 3.64. The molecule has 2 aromatic heterocycles. The molecule has 4 N–H and O–H groups in total. The van der Waals surface area contributed by atoms with Gasteiger partial charge in [0.15, 0.2) is 11.5 Å². The summed E-state index contributed by atoms with van der Waals surface area (Å²) >= 11 is 0. The highest BCUT2D eigenvalue weighted by Crippen LogP contribution is 2.27. The summed E-state index contributed by atoms with van der Waals surface area (Å²) in [6.07, 6.45) is 8.09. The monoisotopic (exact) mass is 421 g/mol. The van der Waals surface area contributed by atoms with Crippen LogP contribution in [0.15, 0.2) is 36.9 Å². The number of nitrogens with one attached hydrogen (secondary N) is 3. The molecular formula is C21H23N7O3. The predicted octanol–water partition coefficient (Wildman–Crippen LogP) is 2.21. The van der Waals surface area contributed by atoms with Crippen LogP contribution in [0.5, 0.6) is 0 Å². The molecule has 10 nitrogen and oxygen atoms in total. The molecule has 1 aliphatic carbocycles. The van der Waals surface area contributed by atoms with E-state index in [9.17, 15) is 4.79 Å². The number of rotatable bonds is 5. The van der Waals surface area contributed by atoms with Gasteiger partial charge in [-0.05, 0) is 43.4 Å². The number of aromatic nitrogens is 4. The van der Waals surface area contributed by atoms with Crippen LogP contribution in [0.4, 0.5) is 5.82 Å². The van der Waals surface area contributed by atoms with E-state index < -0.39 is 0 Å². The van der Waals surface area contributed by atoms with Gasteiger partial charge in [0, 0.05) is 30.9 Å². The summed E-state index contributed by atoms with van der Waals surface area (Å²) in [6.45, 7) is 0.261. The molecule has 0 saturated heterocycles. The van der Waals surface area contributed by atoms with E-state index in [-0.39, 0.29) is 24.3 Å². The number of carbonyl (C=O) groups is 2. The first-order valence-electron chi connectivity index (χ1n) is 9.89. The van der Waals surface area contributed by atoms with Crippen molar-refractivity contribution in [2.45, 2.75) is 38.3 Å². The summed E-state index contributed by atoms with van der Waals surface area (Å²) in [5.74, 6) is 0.638. The number of carboxylic acid groups (broad SMARTS) is 1. The Bertz CT molecular complexity index is 1070. The third-order valence-electron chi connectivity index (χ3n) is 5.19. The Hall–Kier alpha value is -4.00.